The van der Waals surface area contributed by atoms with Crippen LogP contribution in [0.25, 0.3) is 0 Å². The quantitative estimate of drug-likeness (QED) is 0.0421. The van der Waals surface area contributed by atoms with Crippen LogP contribution >= 0.6 is 22.9 Å². The van der Waals surface area contributed by atoms with Crippen molar-refractivity contribution >= 4 is 80.5 Å². The SMILES string of the molecule is Cc1nc(Nc2ncc(C(=O)Nc3c(C)cccc3Cl)s2)cc(N2CCN(CCCCCCOCCOCCOCCOCCOCCOCC(=O)Nc3cccc(N4CCC(=O)NC4=O)c3)CC2)n1. The van der Waals surface area contributed by atoms with Gasteiger partial charge in [-0.1, -0.05) is 54.0 Å². The number of nitrogens with one attached hydrogen (secondary N) is 4. The lowest BCUT2D eigenvalue weighted by Gasteiger charge is -2.35. The van der Waals surface area contributed by atoms with Crippen molar-refractivity contribution in [1.29, 1.82) is 0 Å². The third-order valence-corrected chi connectivity index (χ3v) is 12.3. The Balaban J connectivity index is 0.680. The number of urea groups is 1. The van der Waals surface area contributed by atoms with Crippen LogP contribution in [0, 0.1) is 13.8 Å². The Hall–Kier alpha value is -5.36. The van der Waals surface area contributed by atoms with E-state index >= 15 is 0 Å². The van der Waals surface area contributed by atoms with Crippen LogP contribution in [0.4, 0.5) is 38.6 Å². The lowest BCUT2D eigenvalue weighted by Crippen LogP contribution is -2.49. The number of para-hydroxylation sites is 1. The van der Waals surface area contributed by atoms with E-state index in [4.69, 9.17) is 45.0 Å². The smallest absolute Gasteiger partial charge is 0.328 e. The minimum absolute atomic E-state index is 0.147. The summed E-state index contributed by atoms with van der Waals surface area (Å²) in [6.45, 7) is 13.8. The summed E-state index contributed by atoms with van der Waals surface area (Å²) >= 11 is 7.54. The maximum absolute atomic E-state index is 12.9. The number of hydrogen-bond donors (Lipinski definition) is 4. The normalized spacial score (nSPS) is 14.2. The predicted molar refractivity (Wildman–Crippen MR) is 269 cm³/mol. The zero-order valence-corrected chi connectivity index (χ0v) is 41.6. The number of amides is 5. The molecule has 70 heavy (non-hydrogen) atoms. The van der Waals surface area contributed by atoms with Gasteiger partial charge in [-0.25, -0.2) is 19.7 Å². The lowest BCUT2D eigenvalue weighted by atomic mass is 10.2. The van der Waals surface area contributed by atoms with Crippen molar-refractivity contribution in [2.75, 3.05) is 144 Å². The van der Waals surface area contributed by atoms with Gasteiger partial charge in [0.25, 0.3) is 5.91 Å². The number of aryl methyl sites for hydroxylation is 2. The third kappa shape index (κ3) is 18.8. The Kier molecular flexibility index (Phi) is 22.9. The Morgan fingerprint density at radius 2 is 1.40 bits per heavy atom. The number of benzene rings is 2. The number of carbonyl (C=O) groups is 4. The summed E-state index contributed by atoms with van der Waals surface area (Å²) in [5, 5.41) is 12.2. The fraction of sp³-hybridized carbons (Fsp3) is 0.521. The summed E-state index contributed by atoms with van der Waals surface area (Å²) in [6, 6.07) is 13.8. The molecule has 20 nitrogen and oxygen atoms in total. The summed E-state index contributed by atoms with van der Waals surface area (Å²) < 4.78 is 33.3. The highest BCUT2D eigenvalue weighted by atomic mass is 35.5. The largest absolute Gasteiger partial charge is 0.379 e. The molecule has 2 aliphatic rings. The maximum atomic E-state index is 12.9. The Morgan fingerprint density at radius 1 is 0.743 bits per heavy atom. The van der Waals surface area contributed by atoms with E-state index in [1.165, 1.54) is 22.7 Å². The fourth-order valence-electron chi connectivity index (χ4n) is 7.41. The molecule has 2 fully saturated rings. The number of thiazole rings is 1. The first-order valence-electron chi connectivity index (χ1n) is 23.7. The van der Waals surface area contributed by atoms with Gasteiger partial charge in [0, 0.05) is 63.2 Å². The molecule has 4 aromatic rings. The van der Waals surface area contributed by atoms with Gasteiger partial charge in [-0.05, 0) is 63.1 Å². The number of nitrogens with zero attached hydrogens (tertiary/aromatic N) is 6. The lowest BCUT2D eigenvalue weighted by molar-refractivity contribution is -0.121. The zero-order chi connectivity index (χ0) is 49.3. The van der Waals surface area contributed by atoms with Gasteiger partial charge in [0.1, 0.15) is 28.9 Å². The van der Waals surface area contributed by atoms with E-state index < -0.39 is 6.03 Å². The molecular formula is C48H65ClN10O10S. The molecule has 0 spiro atoms. The molecule has 0 aliphatic carbocycles. The summed E-state index contributed by atoms with van der Waals surface area (Å²) in [7, 11) is 0. The molecule has 2 aromatic carbocycles. The van der Waals surface area contributed by atoms with Crippen molar-refractivity contribution in [3.63, 3.8) is 0 Å². The molecule has 0 atom stereocenters. The summed E-state index contributed by atoms with van der Waals surface area (Å²) in [6.07, 6.45) is 6.25. The molecular weight excluding hydrogens is 944 g/mol. The van der Waals surface area contributed by atoms with Crippen LogP contribution in [0.1, 0.15) is 53.2 Å². The number of carbonyl (C=O) groups excluding carboxylic acids is 4. The molecule has 2 aromatic heterocycles. The van der Waals surface area contributed by atoms with Crippen molar-refractivity contribution in [3.05, 3.63) is 76.0 Å². The number of piperazine rings is 1. The van der Waals surface area contributed by atoms with Gasteiger partial charge in [-0.2, -0.15) is 0 Å². The predicted octanol–water partition coefficient (Wildman–Crippen LogP) is 6.07. The molecule has 0 bridgehead atoms. The molecule has 5 amide bonds. The van der Waals surface area contributed by atoms with Gasteiger partial charge in [-0.3, -0.25) is 29.5 Å². The third-order valence-electron chi connectivity index (χ3n) is 11.0. The first-order valence-corrected chi connectivity index (χ1v) is 24.9. The van der Waals surface area contributed by atoms with Crippen molar-refractivity contribution in [2.45, 2.75) is 46.0 Å². The average Bonchev–Trinajstić information content (AvgIpc) is 3.81. The van der Waals surface area contributed by atoms with E-state index in [0.29, 0.717) is 103 Å². The summed E-state index contributed by atoms with van der Waals surface area (Å²) in [5.74, 6) is 1.25. The standard InChI is InChI=1S/C48H65ClN10O10S/c1-35-9-7-12-39(49)45(35)56-46(62)40-33-50-47(70-40)54-41-32-42(52-36(2)51-41)58-18-16-57(17-19-58)14-5-3-4-6-20-64-21-22-65-23-24-66-25-26-67-27-28-68-29-30-69-34-44(61)53-37-10-8-11-38(31-37)59-15-13-43(60)55-48(59)63/h7-12,31-33H,3-6,13-30,34H2,1-2H3,(H,53,61)(H,56,62)(H,55,60,63)(H,50,51,52,54). The number of aromatic nitrogens is 3. The molecule has 0 unspecified atom stereocenters. The number of imide groups is 1. The van der Waals surface area contributed by atoms with Crippen LogP contribution in [0.3, 0.4) is 0 Å². The van der Waals surface area contributed by atoms with Gasteiger partial charge < -0.3 is 49.3 Å². The molecule has 0 saturated carbocycles. The first-order chi connectivity index (χ1) is 34.1. The van der Waals surface area contributed by atoms with Gasteiger partial charge in [0.05, 0.1) is 83.0 Å². The molecule has 0 radical (unpaired) electrons. The Labute approximate surface area is 418 Å². The maximum Gasteiger partial charge on any atom is 0.328 e. The van der Waals surface area contributed by atoms with E-state index in [-0.39, 0.29) is 43.9 Å². The monoisotopic (exact) mass is 1010 g/mol. The Bertz CT molecular complexity index is 2260. The number of ether oxygens (including phenoxy) is 6. The van der Waals surface area contributed by atoms with Gasteiger partial charge >= 0.3 is 6.03 Å². The van der Waals surface area contributed by atoms with Crippen LogP contribution in [0.15, 0.2) is 54.7 Å². The summed E-state index contributed by atoms with van der Waals surface area (Å²) in [4.78, 5) is 69.1. The molecule has 2 saturated heterocycles. The van der Waals surface area contributed by atoms with Crippen molar-refractivity contribution in [2.24, 2.45) is 0 Å². The fourth-order valence-corrected chi connectivity index (χ4v) is 8.39. The second-order valence-corrected chi connectivity index (χ2v) is 17.8. The van der Waals surface area contributed by atoms with Crippen LogP contribution in [0.5, 0.6) is 0 Å². The van der Waals surface area contributed by atoms with Crippen LogP contribution in [0.2, 0.25) is 5.02 Å². The van der Waals surface area contributed by atoms with Crippen molar-refractivity contribution in [1.82, 2.24) is 25.2 Å². The van der Waals surface area contributed by atoms with Crippen molar-refractivity contribution < 1.29 is 47.6 Å². The van der Waals surface area contributed by atoms with E-state index in [1.54, 1.807) is 36.5 Å². The molecule has 4 N–H and O–H groups in total. The first kappa shape index (κ1) is 54.0. The molecule has 22 heteroatoms. The minimum atomic E-state index is -0.488. The van der Waals surface area contributed by atoms with Crippen LogP contribution < -0.4 is 31.1 Å². The molecule has 6 rings (SSSR count). The Morgan fingerprint density at radius 3 is 2.09 bits per heavy atom. The van der Waals surface area contributed by atoms with E-state index in [2.05, 4.69) is 41.0 Å². The summed E-state index contributed by atoms with van der Waals surface area (Å²) in [5.41, 5.74) is 2.57. The second kappa shape index (κ2) is 29.7. The number of anilines is 6. The molecule has 2 aliphatic heterocycles. The van der Waals surface area contributed by atoms with Gasteiger partial charge in [0.15, 0.2) is 5.13 Å². The number of rotatable bonds is 31. The van der Waals surface area contributed by atoms with E-state index in [1.807, 2.05) is 32.0 Å². The highest BCUT2D eigenvalue weighted by Gasteiger charge is 2.25. The van der Waals surface area contributed by atoms with Crippen LogP contribution in [-0.2, 0) is 38.0 Å². The number of unbranched alkanes of at least 4 members (excludes halogenated alkanes) is 3. The molecule has 380 valence electrons. The zero-order valence-electron chi connectivity index (χ0n) is 40.0. The number of hydrogen-bond acceptors (Lipinski definition) is 17. The minimum Gasteiger partial charge on any atom is -0.379 e. The molecule has 4 heterocycles. The van der Waals surface area contributed by atoms with E-state index in [0.717, 1.165) is 70.0 Å². The van der Waals surface area contributed by atoms with Crippen LogP contribution in [-0.4, -0.2) is 162 Å². The second-order valence-electron chi connectivity index (χ2n) is 16.4. The highest BCUT2D eigenvalue weighted by Crippen LogP contribution is 2.29. The number of halogens is 1. The van der Waals surface area contributed by atoms with Gasteiger partial charge in [0.2, 0.25) is 11.8 Å². The topological polar surface area (TPSA) is 220 Å². The van der Waals surface area contributed by atoms with Crippen molar-refractivity contribution in [3.8, 4) is 0 Å². The highest BCUT2D eigenvalue weighted by molar-refractivity contribution is 7.17. The average molecular weight is 1010 g/mol. The van der Waals surface area contributed by atoms with E-state index in [9.17, 15) is 19.2 Å². The van der Waals surface area contributed by atoms with Gasteiger partial charge in [-0.15, -0.1) is 0 Å².